The fourth-order valence-electron chi connectivity index (χ4n) is 1.77. The molecule has 0 bridgehead atoms. The molecule has 0 fully saturated rings. The Kier molecular flexibility index (Phi) is 4.68. The second-order valence-electron chi connectivity index (χ2n) is 4.44. The molecule has 0 heterocycles. The Balaban J connectivity index is 2.30. The first kappa shape index (κ1) is 16.3. The van der Waals surface area contributed by atoms with Crippen LogP contribution in [0.15, 0.2) is 47.4 Å². The van der Waals surface area contributed by atoms with E-state index < -0.39 is 20.7 Å². The fraction of sp³-hybridized carbons (Fsp3) is 0.0714. The van der Waals surface area contributed by atoms with Gasteiger partial charge in [0.15, 0.2) is 0 Å². The highest BCUT2D eigenvalue weighted by Crippen LogP contribution is 2.23. The number of carbonyl (C=O) groups is 1. The van der Waals surface area contributed by atoms with Gasteiger partial charge in [-0.2, -0.15) is 0 Å². The number of rotatable bonds is 4. The Hall–Kier alpha value is -2.12. The molecule has 0 spiro atoms. The molecule has 2 rings (SSSR count). The van der Waals surface area contributed by atoms with Crippen LogP contribution in [0, 0.1) is 5.82 Å². The summed E-state index contributed by atoms with van der Waals surface area (Å²) < 4.78 is 40.4. The van der Waals surface area contributed by atoms with Gasteiger partial charge in [-0.3, -0.25) is 9.52 Å². The molecular formula is C14H12ClFN2O3S. The summed E-state index contributed by atoms with van der Waals surface area (Å²) in [5.74, 6) is -1.23. The van der Waals surface area contributed by atoms with Crippen molar-refractivity contribution in [1.82, 2.24) is 0 Å². The zero-order valence-corrected chi connectivity index (χ0v) is 13.0. The van der Waals surface area contributed by atoms with E-state index in [-0.39, 0.29) is 16.6 Å². The number of sulfonamides is 1. The summed E-state index contributed by atoms with van der Waals surface area (Å²) in [6.45, 7) is 1.33. The number of halogens is 2. The van der Waals surface area contributed by atoms with Crippen molar-refractivity contribution in [2.24, 2.45) is 0 Å². The number of benzene rings is 2. The second kappa shape index (κ2) is 6.33. The Morgan fingerprint density at radius 1 is 1.14 bits per heavy atom. The first-order valence-electron chi connectivity index (χ1n) is 6.13. The highest BCUT2D eigenvalue weighted by molar-refractivity contribution is 7.92. The topological polar surface area (TPSA) is 75.3 Å². The molecule has 116 valence electrons. The van der Waals surface area contributed by atoms with Crippen LogP contribution in [0.1, 0.15) is 6.92 Å². The summed E-state index contributed by atoms with van der Waals surface area (Å²) >= 11 is 5.60. The van der Waals surface area contributed by atoms with Gasteiger partial charge in [0.05, 0.1) is 5.69 Å². The summed E-state index contributed by atoms with van der Waals surface area (Å²) in [4.78, 5) is 10.5. The predicted molar refractivity (Wildman–Crippen MR) is 83.0 cm³/mol. The minimum absolute atomic E-state index is 0.101. The van der Waals surface area contributed by atoms with Crippen molar-refractivity contribution < 1.29 is 17.6 Å². The van der Waals surface area contributed by atoms with Crippen LogP contribution in [0.4, 0.5) is 15.8 Å². The van der Waals surface area contributed by atoms with Gasteiger partial charge in [-0.05, 0) is 36.4 Å². The molecule has 0 unspecified atom stereocenters. The van der Waals surface area contributed by atoms with Crippen LogP contribution in [0.25, 0.3) is 0 Å². The SMILES string of the molecule is CC(=O)Nc1cccc(NS(=O)(=O)c2ccc(Cl)cc2F)c1. The minimum Gasteiger partial charge on any atom is -0.326 e. The number of anilines is 2. The van der Waals surface area contributed by atoms with Crippen molar-refractivity contribution in [3.05, 3.63) is 53.3 Å². The molecule has 0 atom stereocenters. The Morgan fingerprint density at radius 3 is 2.45 bits per heavy atom. The zero-order valence-electron chi connectivity index (χ0n) is 11.4. The third-order valence-corrected chi connectivity index (χ3v) is 4.27. The van der Waals surface area contributed by atoms with Crippen molar-refractivity contribution in [2.75, 3.05) is 10.0 Å². The van der Waals surface area contributed by atoms with Crippen LogP contribution in [0.5, 0.6) is 0 Å². The maximum absolute atomic E-state index is 13.7. The molecular weight excluding hydrogens is 331 g/mol. The van der Waals surface area contributed by atoms with Gasteiger partial charge in [-0.15, -0.1) is 0 Å². The Morgan fingerprint density at radius 2 is 1.82 bits per heavy atom. The van der Waals surface area contributed by atoms with Gasteiger partial charge in [0.25, 0.3) is 10.0 Å². The molecule has 22 heavy (non-hydrogen) atoms. The molecule has 2 aromatic carbocycles. The number of amides is 1. The van der Waals surface area contributed by atoms with Crippen LogP contribution in [-0.2, 0) is 14.8 Å². The monoisotopic (exact) mass is 342 g/mol. The molecule has 8 heteroatoms. The van der Waals surface area contributed by atoms with Crippen LogP contribution < -0.4 is 10.0 Å². The van der Waals surface area contributed by atoms with E-state index in [0.29, 0.717) is 5.69 Å². The van der Waals surface area contributed by atoms with Gasteiger partial charge >= 0.3 is 0 Å². The van der Waals surface area contributed by atoms with Gasteiger partial charge in [-0.25, -0.2) is 12.8 Å². The number of carbonyl (C=O) groups excluding carboxylic acids is 1. The van der Waals surface area contributed by atoms with Crippen molar-refractivity contribution >= 4 is 38.9 Å². The Labute approximate surface area is 132 Å². The van der Waals surface area contributed by atoms with E-state index in [1.54, 1.807) is 12.1 Å². The van der Waals surface area contributed by atoms with Gasteiger partial charge in [0, 0.05) is 17.6 Å². The highest BCUT2D eigenvalue weighted by atomic mass is 35.5. The maximum atomic E-state index is 13.7. The molecule has 0 aliphatic heterocycles. The van der Waals surface area contributed by atoms with E-state index in [4.69, 9.17) is 11.6 Å². The average molecular weight is 343 g/mol. The van der Waals surface area contributed by atoms with Crippen LogP contribution >= 0.6 is 11.6 Å². The minimum atomic E-state index is -4.10. The molecule has 1 amide bonds. The normalized spacial score (nSPS) is 11.0. The van der Waals surface area contributed by atoms with Gasteiger partial charge < -0.3 is 5.32 Å². The van der Waals surface area contributed by atoms with E-state index >= 15 is 0 Å². The summed E-state index contributed by atoms with van der Waals surface area (Å²) in [7, 11) is -4.10. The molecule has 5 nitrogen and oxygen atoms in total. The first-order valence-corrected chi connectivity index (χ1v) is 7.99. The smallest absolute Gasteiger partial charge is 0.264 e. The van der Waals surface area contributed by atoms with Crippen molar-refractivity contribution in [3.8, 4) is 0 Å². The summed E-state index contributed by atoms with van der Waals surface area (Å²) in [5.41, 5.74) is 0.616. The lowest BCUT2D eigenvalue weighted by Crippen LogP contribution is -2.15. The standard InChI is InChI=1S/C14H12ClFN2O3S/c1-9(19)17-11-3-2-4-12(8-11)18-22(20,21)14-6-5-10(15)7-13(14)16/h2-8,18H,1H3,(H,17,19). The van der Waals surface area contributed by atoms with E-state index in [0.717, 1.165) is 12.1 Å². The molecule has 0 saturated carbocycles. The van der Waals surface area contributed by atoms with Gasteiger partial charge in [0.1, 0.15) is 10.7 Å². The lowest BCUT2D eigenvalue weighted by Gasteiger charge is -2.10. The van der Waals surface area contributed by atoms with Crippen LogP contribution in [-0.4, -0.2) is 14.3 Å². The third kappa shape index (κ3) is 3.96. The van der Waals surface area contributed by atoms with E-state index in [1.165, 1.54) is 25.1 Å². The highest BCUT2D eigenvalue weighted by Gasteiger charge is 2.19. The lowest BCUT2D eigenvalue weighted by atomic mass is 10.3. The molecule has 0 aromatic heterocycles. The average Bonchev–Trinajstić information content (AvgIpc) is 2.36. The Bertz CT molecular complexity index is 825. The summed E-state index contributed by atoms with van der Waals surface area (Å²) in [6, 6.07) is 9.35. The van der Waals surface area contributed by atoms with Gasteiger partial charge in [0.2, 0.25) is 5.91 Å². The molecule has 0 aliphatic carbocycles. The molecule has 0 saturated heterocycles. The lowest BCUT2D eigenvalue weighted by molar-refractivity contribution is -0.114. The fourth-order valence-corrected chi connectivity index (χ4v) is 3.04. The molecule has 2 N–H and O–H groups in total. The molecule has 0 radical (unpaired) electrons. The molecule has 2 aromatic rings. The van der Waals surface area contributed by atoms with Crippen LogP contribution in [0.3, 0.4) is 0 Å². The van der Waals surface area contributed by atoms with Crippen molar-refractivity contribution in [3.63, 3.8) is 0 Å². The summed E-state index contributed by atoms with van der Waals surface area (Å²) in [6.07, 6.45) is 0. The van der Waals surface area contributed by atoms with E-state index in [2.05, 4.69) is 10.0 Å². The van der Waals surface area contributed by atoms with Gasteiger partial charge in [-0.1, -0.05) is 17.7 Å². The number of nitrogens with one attached hydrogen (secondary N) is 2. The number of hydrogen-bond acceptors (Lipinski definition) is 3. The van der Waals surface area contributed by atoms with Crippen molar-refractivity contribution in [1.29, 1.82) is 0 Å². The third-order valence-electron chi connectivity index (χ3n) is 2.62. The summed E-state index contributed by atoms with van der Waals surface area (Å²) in [5, 5.41) is 2.63. The second-order valence-corrected chi connectivity index (χ2v) is 6.53. The first-order chi connectivity index (χ1) is 10.3. The van der Waals surface area contributed by atoms with Crippen molar-refractivity contribution in [2.45, 2.75) is 11.8 Å². The number of hydrogen-bond donors (Lipinski definition) is 2. The maximum Gasteiger partial charge on any atom is 0.264 e. The van der Waals surface area contributed by atoms with E-state index in [9.17, 15) is 17.6 Å². The van der Waals surface area contributed by atoms with Crippen LogP contribution in [0.2, 0.25) is 5.02 Å². The zero-order chi connectivity index (χ0) is 16.3. The predicted octanol–water partition coefficient (Wildman–Crippen LogP) is 3.24. The largest absolute Gasteiger partial charge is 0.326 e. The quantitative estimate of drug-likeness (QED) is 0.895. The van der Waals surface area contributed by atoms with E-state index in [1.807, 2.05) is 0 Å². The molecule has 0 aliphatic rings.